The predicted molar refractivity (Wildman–Crippen MR) is 104 cm³/mol. The number of nitrogens with zero attached hydrogens (tertiary/aromatic N) is 2. The van der Waals surface area contributed by atoms with Crippen molar-refractivity contribution in [1.82, 2.24) is 20.9 Å². The van der Waals surface area contributed by atoms with E-state index in [1.54, 1.807) is 7.05 Å². The van der Waals surface area contributed by atoms with E-state index in [9.17, 15) is 9.59 Å². The number of carbonyl (C=O) groups is 2. The number of aliphatic imine (C=N–C) groups is 1. The largest absolute Gasteiger partial charge is 0.359 e. The average Bonchev–Trinajstić information content (AvgIpc) is 3.30. The maximum Gasteiger partial charge on any atom is 0.227 e. The standard InChI is InChI=1S/C19H35N5O2/c1-5-21-18(22-13-19(2,3)17(26)20-4)23-15-10-11-24(12-15)16(25)14-8-6-7-9-14/h14-15H,5-13H2,1-4H3,(H,20,26)(H2,21,22,23). The molecule has 1 saturated heterocycles. The molecule has 7 nitrogen and oxygen atoms in total. The smallest absolute Gasteiger partial charge is 0.227 e. The number of guanidine groups is 1. The van der Waals surface area contributed by atoms with Gasteiger partial charge in [-0.3, -0.25) is 14.6 Å². The zero-order chi connectivity index (χ0) is 19.2. The van der Waals surface area contributed by atoms with Gasteiger partial charge >= 0.3 is 0 Å². The number of hydrogen-bond acceptors (Lipinski definition) is 3. The Kier molecular flexibility index (Phi) is 7.29. The maximum absolute atomic E-state index is 12.6. The number of amides is 2. The van der Waals surface area contributed by atoms with Crippen molar-refractivity contribution < 1.29 is 9.59 Å². The molecule has 0 aromatic heterocycles. The first-order valence-corrected chi connectivity index (χ1v) is 9.93. The van der Waals surface area contributed by atoms with E-state index in [0.717, 1.165) is 38.9 Å². The predicted octanol–water partition coefficient (Wildman–Crippen LogP) is 1.10. The van der Waals surface area contributed by atoms with Gasteiger partial charge in [0.25, 0.3) is 0 Å². The summed E-state index contributed by atoms with van der Waals surface area (Å²) in [6.07, 6.45) is 5.40. The summed E-state index contributed by atoms with van der Waals surface area (Å²) in [4.78, 5) is 31.1. The summed E-state index contributed by atoms with van der Waals surface area (Å²) < 4.78 is 0. The molecule has 2 fully saturated rings. The summed E-state index contributed by atoms with van der Waals surface area (Å²) in [5.41, 5.74) is -0.558. The van der Waals surface area contributed by atoms with Gasteiger partial charge in [-0.05, 0) is 40.0 Å². The van der Waals surface area contributed by atoms with Crippen molar-refractivity contribution in [3.05, 3.63) is 0 Å². The molecule has 148 valence electrons. The Hall–Kier alpha value is -1.79. The fourth-order valence-corrected chi connectivity index (χ4v) is 3.71. The first kappa shape index (κ1) is 20.5. The lowest BCUT2D eigenvalue weighted by molar-refractivity contribution is -0.134. The van der Waals surface area contributed by atoms with Crippen LogP contribution in [-0.4, -0.2) is 61.9 Å². The molecule has 0 aromatic rings. The number of rotatable bonds is 6. The Labute approximate surface area is 157 Å². The van der Waals surface area contributed by atoms with E-state index in [0.29, 0.717) is 18.4 Å². The molecule has 0 radical (unpaired) electrons. The van der Waals surface area contributed by atoms with E-state index in [4.69, 9.17) is 0 Å². The van der Waals surface area contributed by atoms with Crippen molar-refractivity contribution >= 4 is 17.8 Å². The van der Waals surface area contributed by atoms with Crippen LogP contribution in [0.4, 0.5) is 0 Å². The minimum absolute atomic E-state index is 0.0219. The Morgan fingerprint density at radius 3 is 2.50 bits per heavy atom. The lowest BCUT2D eigenvalue weighted by atomic mass is 9.93. The minimum atomic E-state index is -0.558. The minimum Gasteiger partial charge on any atom is -0.359 e. The van der Waals surface area contributed by atoms with Crippen LogP contribution in [0, 0.1) is 11.3 Å². The fourth-order valence-electron chi connectivity index (χ4n) is 3.71. The van der Waals surface area contributed by atoms with Gasteiger partial charge < -0.3 is 20.9 Å². The van der Waals surface area contributed by atoms with Gasteiger partial charge in [-0.25, -0.2) is 0 Å². The molecule has 1 atom stereocenters. The summed E-state index contributed by atoms with van der Waals surface area (Å²) in [6.45, 7) is 8.50. The second kappa shape index (κ2) is 9.24. The van der Waals surface area contributed by atoms with Gasteiger partial charge in [-0.15, -0.1) is 0 Å². The van der Waals surface area contributed by atoms with Gasteiger partial charge in [0.1, 0.15) is 0 Å². The summed E-state index contributed by atoms with van der Waals surface area (Å²) in [5.74, 6) is 1.26. The van der Waals surface area contributed by atoms with Crippen LogP contribution in [0.3, 0.4) is 0 Å². The second-order valence-electron chi connectivity index (χ2n) is 8.05. The van der Waals surface area contributed by atoms with Crippen molar-refractivity contribution in [3.8, 4) is 0 Å². The molecule has 7 heteroatoms. The highest BCUT2D eigenvalue weighted by atomic mass is 16.2. The Morgan fingerprint density at radius 2 is 1.88 bits per heavy atom. The van der Waals surface area contributed by atoms with Crippen molar-refractivity contribution in [3.63, 3.8) is 0 Å². The van der Waals surface area contributed by atoms with Crippen LogP contribution in [0.25, 0.3) is 0 Å². The first-order valence-electron chi connectivity index (χ1n) is 9.93. The molecule has 1 saturated carbocycles. The highest BCUT2D eigenvalue weighted by molar-refractivity contribution is 5.84. The molecular formula is C19H35N5O2. The van der Waals surface area contributed by atoms with Gasteiger partial charge in [0.15, 0.2) is 5.96 Å². The van der Waals surface area contributed by atoms with E-state index in [1.165, 1.54) is 12.8 Å². The zero-order valence-corrected chi connectivity index (χ0v) is 16.7. The van der Waals surface area contributed by atoms with Gasteiger partial charge in [0, 0.05) is 38.6 Å². The van der Waals surface area contributed by atoms with Crippen LogP contribution in [0.2, 0.25) is 0 Å². The highest BCUT2D eigenvalue weighted by Gasteiger charge is 2.32. The quantitative estimate of drug-likeness (QED) is 0.486. The molecule has 1 heterocycles. The number of carbonyl (C=O) groups excluding carboxylic acids is 2. The normalized spacial score (nSPS) is 21.8. The number of nitrogens with one attached hydrogen (secondary N) is 3. The Morgan fingerprint density at radius 1 is 1.19 bits per heavy atom. The molecule has 2 rings (SSSR count). The lowest BCUT2D eigenvalue weighted by Gasteiger charge is -2.23. The van der Waals surface area contributed by atoms with Gasteiger partial charge in [0.2, 0.25) is 11.8 Å². The van der Waals surface area contributed by atoms with E-state index >= 15 is 0 Å². The van der Waals surface area contributed by atoms with Crippen LogP contribution in [0.15, 0.2) is 4.99 Å². The average molecular weight is 366 g/mol. The molecule has 26 heavy (non-hydrogen) atoms. The zero-order valence-electron chi connectivity index (χ0n) is 16.7. The summed E-state index contributed by atoms with van der Waals surface area (Å²) in [6, 6.07) is 0.210. The fraction of sp³-hybridized carbons (Fsp3) is 0.842. The van der Waals surface area contributed by atoms with Crippen LogP contribution < -0.4 is 16.0 Å². The molecule has 0 bridgehead atoms. The molecule has 0 aromatic carbocycles. The van der Waals surface area contributed by atoms with Gasteiger partial charge in [0.05, 0.1) is 12.0 Å². The number of hydrogen-bond donors (Lipinski definition) is 3. The van der Waals surface area contributed by atoms with Crippen molar-refractivity contribution in [2.24, 2.45) is 16.3 Å². The highest BCUT2D eigenvalue weighted by Crippen LogP contribution is 2.27. The monoisotopic (exact) mass is 365 g/mol. The molecule has 2 aliphatic rings. The summed E-state index contributed by atoms with van der Waals surface area (Å²) in [7, 11) is 1.64. The van der Waals surface area contributed by atoms with Crippen molar-refractivity contribution in [1.29, 1.82) is 0 Å². The second-order valence-corrected chi connectivity index (χ2v) is 8.05. The van der Waals surface area contributed by atoms with Gasteiger partial charge in [-0.1, -0.05) is 12.8 Å². The molecule has 3 N–H and O–H groups in total. The maximum atomic E-state index is 12.6. The summed E-state index contributed by atoms with van der Waals surface area (Å²) >= 11 is 0. The van der Waals surface area contributed by atoms with Crippen LogP contribution in [0.5, 0.6) is 0 Å². The van der Waals surface area contributed by atoms with Crippen molar-refractivity contribution in [2.75, 3.05) is 33.2 Å². The third-order valence-electron chi connectivity index (χ3n) is 5.36. The molecule has 1 unspecified atom stereocenters. The van der Waals surface area contributed by atoms with Gasteiger partial charge in [-0.2, -0.15) is 0 Å². The summed E-state index contributed by atoms with van der Waals surface area (Å²) in [5, 5.41) is 9.36. The lowest BCUT2D eigenvalue weighted by Crippen LogP contribution is -2.46. The van der Waals surface area contributed by atoms with Crippen molar-refractivity contribution in [2.45, 2.75) is 58.9 Å². The Balaban J connectivity index is 1.90. The van der Waals surface area contributed by atoms with Crippen LogP contribution in [0.1, 0.15) is 52.9 Å². The molecule has 1 aliphatic carbocycles. The SMILES string of the molecule is CCNC(=NCC(C)(C)C(=O)NC)NC1CCN(C(=O)C2CCCC2)C1. The van der Waals surface area contributed by atoms with E-state index in [2.05, 4.69) is 20.9 Å². The number of likely N-dealkylation sites (tertiary alicyclic amines) is 1. The molecule has 1 aliphatic heterocycles. The molecule has 2 amide bonds. The molecule has 0 spiro atoms. The van der Waals surface area contributed by atoms with E-state index in [1.807, 2.05) is 25.7 Å². The third-order valence-corrected chi connectivity index (χ3v) is 5.36. The van der Waals surface area contributed by atoms with E-state index in [-0.39, 0.29) is 17.9 Å². The van der Waals surface area contributed by atoms with Crippen LogP contribution in [-0.2, 0) is 9.59 Å². The van der Waals surface area contributed by atoms with E-state index < -0.39 is 5.41 Å². The third kappa shape index (κ3) is 5.35. The Bertz CT molecular complexity index is 526. The van der Waals surface area contributed by atoms with Crippen LogP contribution >= 0.6 is 0 Å². The first-order chi connectivity index (χ1) is 12.4. The topological polar surface area (TPSA) is 85.8 Å². The molecular weight excluding hydrogens is 330 g/mol.